The van der Waals surface area contributed by atoms with Gasteiger partial charge in [-0.05, 0) is 90.0 Å². The van der Waals surface area contributed by atoms with Crippen molar-refractivity contribution in [3.8, 4) is 5.75 Å². The Morgan fingerprint density at radius 3 is 2.61 bits per heavy atom. The maximum absolute atomic E-state index is 13.1. The second-order valence-corrected chi connectivity index (χ2v) is 10.4. The van der Waals surface area contributed by atoms with Crippen LogP contribution in [0.3, 0.4) is 0 Å². The second-order valence-electron chi connectivity index (χ2n) is 10.0. The van der Waals surface area contributed by atoms with Crippen LogP contribution in [0.1, 0.15) is 46.2 Å². The molecule has 0 amide bonds. The van der Waals surface area contributed by atoms with E-state index in [0.29, 0.717) is 29.2 Å². The second kappa shape index (κ2) is 10.5. The molecule has 1 aliphatic heterocycles. The molecule has 3 atom stereocenters. The van der Waals surface area contributed by atoms with Gasteiger partial charge in [-0.25, -0.2) is 4.39 Å². The molecule has 1 N–H and O–H groups in total. The number of nitrogens with one attached hydrogen (secondary N) is 1. The molecule has 0 unspecified atom stereocenters. The van der Waals surface area contributed by atoms with E-state index in [1.165, 1.54) is 34.5 Å². The third-order valence-electron chi connectivity index (χ3n) is 7.40. The van der Waals surface area contributed by atoms with Crippen molar-refractivity contribution in [3.05, 3.63) is 136 Å². The first-order valence-corrected chi connectivity index (χ1v) is 13.3. The third-order valence-corrected chi connectivity index (χ3v) is 7.69. The summed E-state index contributed by atoms with van der Waals surface area (Å²) in [5.74, 6) is 1.29. The molecule has 4 aromatic carbocycles. The minimum atomic E-state index is -0.267. The van der Waals surface area contributed by atoms with Crippen LogP contribution < -0.4 is 10.1 Å². The van der Waals surface area contributed by atoms with Gasteiger partial charge in [0.15, 0.2) is 0 Å². The quantitative estimate of drug-likeness (QED) is 0.202. The first-order chi connectivity index (χ1) is 18.5. The van der Waals surface area contributed by atoms with E-state index in [4.69, 9.17) is 16.3 Å². The van der Waals surface area contributed by atoms with E-state index in [2.05, 4.69) is 71.8 Å². The molecule has 38 heavy (non-hydrogen) atoms. The molecular formula is C33H28ClFN2O. The largest absolute Gasteiger partial charge is 0.487 e. The molecule has 190 valence electrons. The van der Waals surface area contributed by atoms with Crippen molar-refractivity contribution in [2.45, 2.75) is 31.9 Å². The Kier molecular flexibility index (Phi) is 6.73. The molecule has 6 rings (SSSR count). The number of nitrogens with zero attached hydrogens (tertiary/aromatic N) is 1. The van der Waals surface area contributed by atoms with Crippen LogP contribution in [0.15, 0.2) is 102 Å². The number of allylic oxidation sites excluding steroid dienone is 2. The highest BCUT2D eigenvalue weighted by Crippen LogP contribution is 2.50. The maximum Gasteiger partial charge on any atom is 0.138 e. The molecule has 1 heterocycles. The third kappa shape index (κ3) is 5.09. The van der Waals surface area contributed by atoms with Gasteiger partial charge in [0.05, 0.1) is 16.8 Å². The van der Waals surface area contributed by atoms with Crippen LogP contribution in [-0.2, 0) is 6.61 Å². The maximum atomic E-state index is 13.1. The first kappa shape index (κ1) is 24.4. The molecule has 0 bridgehead atoms. The average Bonchev–Trinajstić information content (AvgIpc) is 3.43. The Labute approximate surface area is 227 Å². The van der Waals surface area contributed by atoms with E-state index in [1.807, 2.05) is 18.2 Å². The summed E-state index contributed by atoms with van der Waals surface area (Å²) in [4.78, 5) is 4.65. The minimum absolute atomic E-state index is 0.267. The summed E-state index contributed by atoms with van der Waals surface area (Å²) in [7, 11) is 0. The first-order valence-electron chi connectivity index (χ1n) is 12.9. The number of fused-ring (bicyclic) bond motifs is 3. The number of hydrogen-bond acceptors (Lipinski definition) is 3. The molecule has 5 heteroatoms. The predicted molar refractivity (Wildman–Crippen MR) is 153 cm³/mol. The molecular weight excluding hydrogens is 495 g/mol. The van der Waals surface area contributed by atoms with Crippen LogP contribution in [0.4, 0.5) is 15.8 Å². The SMILES string of the molecule is Cc1ccc2c(c1)[C@@H]1C=CC[C@H]1[C@H](c1ccc(N=Cc3ccc(OCc4ccc(F)cc4)c(Cl)c3)cc1)N2. The molecule has 0 saturated heterocycles. The molecule has 0 saturated carbocycles. The summed E-state index contributed by atoms with van der Waals surface area (Å²) in [6.07, 6.45) is 7.59. The zero-order valence-electron chi connectivity index (χ0n) is 21.1. The fraction of sp³-hybridized carbons (Fsp3) is 0.182. The Morgan fingerprint density at radius 1 is 1.00 bits per heavy atom. The molecule has 3 nitrogen and oxygen atoms in total. The monoisotopic (exact) mass is 522 g/mol. The number of hydrogen-bond donors (Lipinski definition) is 1. The standard InChI is InChI=1S/C33H28ClFN2O/c1-21-5-15-31-29(17-21)27-3-2-4-28(27)33(37-31)24-9-13-26(14-10-24)36-19-23-8-16-32(30(34)18-23)38-20-22-6-11-25(35)12-7-22/h2-3,5-19,27-28,33,37H,4,20H2,1H3/t27-,28-,33+/m1/s1. The van der Waals surface area contributed by atoms with Gasteiger partial charge in [0.25, 0.3) is 0 Å². The Hall–Kier alpha value is -3.89. The van der Waals surface area contributed by atoms with Crippen LogP contribution >= 0.6 is 11.6 Å². The number of benzene rings is 4. The smallest absolute Gasteiger partial charge is 0.138 e. The Balaban J connectivity index is 1.12. The Morgan fingerprint density at radius 2 is 1.82 bits per heavy atom. The van der Waals surface area contributed by atoms with Gasteiger partial charge in [0.1, 0.15) is 18.2 Å². The summed E-state index contributed by atoms with van der Waals surface area (Å²) in [5.41, 5.74) is 7.87. The minimum Gasteiger partial charge on any atom is -0.487 e. The van der Waals surface area contributed by atoms with Gasteiger partial charge in [-0.1, -0.05) is 65.7 Å². The van der Waals surface area contributed by atoms with Crippen LogP contribution in [0.2, 0.25) is 5.02 Å². The molecule has 2 aliphatic rings. The normalized spacial score (nSPS) is 19.7. The number of halogens is 2. The average molecular weight is 523 g/mol. The van der Waals surface area contributed by atoms with Crippen molar-refractivity contribution in [2.24, 2.45) is 10.9 Å². The van der Waals surface area contributed by atoms with Gasteiger partial charge in [-0.2, -0.15) is 0 Å². The molecule has 0 fully saturated rings. The summed E-state index contributed by atoms with van der Waals surface area (Å²) in [5, 5.41) is 4.31. The van der Waals surface area contributed by atoms with Crippen molar-refractivity contribution in [2.75, 3.05) is 5.32 Å². The molecule has 4 aromatic rings. The zero-order chi connectivity index (χ0) is 26.1. The fourth-order valence-electron chi connectivity index (χ4n) is 5.42. The van der Waals surface area contributed by atoms with Gasteiger partial charge in [0, 0.05) is 17.8 Å². The molecule has 0 radical (unpaired) electrons. The summed E-state index contributed by atoms with van der Waals surface area (Å²) in [6, 6.07) is 27.3. The van der Waals surface area contributed by atoms with E-state index in [0.717, 1.165) is 23.2 Å². The van der Waals surface area contributed by atoms with Crippen molar-refractivity contribution < 1.29 is 9.13 Å². The van der Waals surface area contributed by atoms with Gasteiger partial charge in [-0.15, -0.1) is 0 Å². The van der Waals surface area contributed by atoms with Gasteiger partial charge >= 0.3 is 0 Å². The number of aryl methyl sites for hydroxylation is 1. The highest BCUT2D eigenvalue weighted by atomic mass is 35.5. The van der Waals surface area contributed by atoms with Crippen LogP contribution in [0.25, 0.3) is 0 Å². The van der Waals surface area contributed by atoms with Crippen molar-refractivity contribution in [1.82, 2.24) is 0 Å². The lowest BCUT2D eigenvalue weighted by Crippen LogP contribution is -2.29. The van der Waals surface area contributed by atoms with Crippen LogP contribution in [-0.4, -0.2) is 6.21 Å². The number of ether oxygens (including phenoxy) is 1. The predicted octanol–water partition coefficient (Wildman–Crippen LogP) is 8.94. The molecule has 1 aliphatic carbocycles. The molecule has 0 spiro atoms. The van der Waals surface area contributed by atoms with Gasteiger partial charge < -0.3 is 10.1 Å². The zero-order valence-corrected chi connectivity index (χ0v) is 21.8. The topological polar surface area (TPSA) is 33.6 Å². The fourth-order valence-corrected chi connectivity index (χ4v) is 5.66. The van der Waals surface area contributed by atoms with Gasteiger partial charge in [-0.3, -0.25) is 4.99 Å². The van der Waals surface area contributed by atoms with Crippen molar-refractivity contribution >= 4 is 29.2 Å². The lowest BCUT2D eigenvalue weighted by atomic mass is 9.76. The van der Waals surface area contributed by atoms with E-state index in [9.17, 15) is 4.39 Å². The van der Waals surface area contributed by atoms with E-state index < -0.39 is 0 Å². The van der Waals surface area contributed by atoms with Crippen LogP contribution in [0.5, 0.6) is 5.75 Å². The van der Waals surface area contributed by atoms with Crippen molar-refractivity contribution in [1.29, 1.82) is 0 Å². The van der Waals surface area contributed by atoms with E-state index in [1.54, 1.807) is 18.3 Å². The van der Waals surface area contributed by atoms with E-state index >= 15 is 0 Å². The summed E-state index contributed by atoms with van der Waals surface area (Å²) >= 11 is 6.44. The van der Waals surface area contributed by atoms with Crippen LogP contribution in [0, 0.1) is 18.7 Å². The lowest BCUT2D eigenvalue weighted by molar-refractivity contribution is 0.306. The lowest BCUT2D eigenvalue weighted by Gasteiger charge is -2.37. The highest BCUT2D eigenvalue weighted by Gasteiger charge is 2.37. The number of rotatable bonds is 6. The molecule has 0 aromatic heterocycles. The number of aliphatic imine (C=N–C) groups is 1. The number of anilines is 1. The van der Waals surface area contributed by atoms with Crippen molar-refractivity contribution in [3.63, 3.8) is 0 Å². The summed E-state index contributed by atoms with van der Waals surface area (Å²) < 4.78 is 18.9. The Bertz CT molecular complexity index is 1510. The summed E-state index contributed by atoms with van der Waals surface area (Å²) in [6.45, 7) is 2.48. The van der Waals surface area contributed by atoms with E-state index in [-0.39, 0.29) is 11.9 Å². The highest BCUT2D eigenvalue weighted by molar-refractivity contribution is 6.32. The van der Waals surface area contributed by atoms with Gasteiger partial charge in [0.2, 0.25) is 0 Å².